The molecule has 5 heteroatoms. The van der Waals surface area contributed by atoms with Crippen molar-refractivity contribution in [2.75, 3.05) is 0 Å². The van der Waals surface area contributed by atoms with Crippen LogP contribution in [-0.4, -0.2) is 20.5 Å². The number of rotatable bonds is 3. The zero-order chi connectivity index (χ0) is 14.3. The Hall–Kier alpha value is -1.88. The first kappa shape index (κ1) is 13.5. The molecule has 2 aromatic rings. The van der Waals surface area contributed by atoms with Crippen LogP contribution in [0.3, 0.4) is 0 Å². The van der Waals surface area contributed by atoms with E-state index in [1.165, 1.54) is 0 Å². The number of nitrogens with two attached hydrogens (primary N) is 1. The third-order valence-corrected chi connectivity index (χ3v) is 3.09. The van der Waals surface area contributed by atoms with Gasteiger partial charge in [-0.05, 0) is 23.5 Å². The second-order valence-electron chi connectivity index (χ2n) is 6.12. The van der Waals surface area contributed by atoms with Gasteiger partial charge in [0.25, 0.3) is 0 Å². The summed E-state index contributed by atoms with van der Waals surface area (Å²) in [7, 11) is 0. The van der Waals surface area contributed by atoms with Crippen LogP contribution in [0.5, 0.6) is 0 Å². The van der Waals surface area contributed by atoms with Gasteiger partial charge < -0.3 is 15.2 Å². The molecule has 19 heavy (non-hydrogen) atoms. The van der Waals surface area contributed by atoms with Gasteiger partial charge in [-0.2, -0.15) is 0 Å². The molecular formula is C14H19N3O2. The highest BCUT2D eigenvalue weighted by atomic mass is 16.4. The number of pyridine rings is 1. The normalized spacial score (nSPS) is 15.4. The molecule has 0 aliphatic carbocycles. The Bertz CT molecular complexity index is 612. The van der Waals surface area contributed by atoms with Crippen LogP contribution in [0, 0.1) is 5.41 Å². The van der Waals surface area contributed by atoms with Crippen LogP contribution in [0.1, 0.15) is 32.8 Å². The molecule has 2 rings (SSSR count). The summed E-state index contributed by atoms with van der Waals surface area (Å²) >= 11 is 0. The monoisotopic (exact) mass is 261 g/mol. The lowest BCUT2D eigenvalue weighted by atomic mass is 9.77. The van der Waals surface area contributed by atoms with E-state index in [1.807, 2.05) is 20.8 Å². The maximum Gasteiger partial charge on any atom is 0.328 e. The first-order valence-corrected chi connectivity index (χ1v) is 6.18. The number of carbonyl (C=O) groups is 1. The van der Waals surface area contributed by atoms with Crippen molar-refractivity contribution in [3.8, 4) is 0 Å². The van der Waals surface area contributed by atoms with E-state index in [0.29, 0.717) is 12.0 Å². The van der Waals surface area contributed by atoms with Gasteiger partial charge in [-0.1, -0.05) is 26.8 Å². The second kappa shape index (κ2) is 4.35. The fraction of sp³-hybridized carbons (Fsp3) is 0.429. The van der Waals surface area contributed by atoms with Crippen LogP contribution in [0.25, 0.3) is 5.65 Å². The predicted molar refractivity (Wildman–Crippen MR) is 72.8 cm³/mol. The Kier molecular flexibility index (Phi) is 3.10. The van der Waals surface area contributed by atoms with Crippen molar-refractivity contribution in [2.24, 2.45) is 11.1 Å². The number of aliphatic carboxylic acids is 1. The predicted octanol–water partition coefficient (Wildman–Crippen LogP) is 2.01. The molecule has 0 saturated heterocycles. The summed E-state index contributed by atoms with van der Waals surface area (Å²) in [6.45, 7) is 5.94. The number of carboxylic acids is 1. The Labute approximate surface area is 112 Å². The van der Waals surface area contributed by atoms with E-state index < -0.39 is 11.5 Å². The number of imidazole rings is 1. The highest BCUT2D eigenvalue weighted by Crippen LogP contribution is 2.33. The first-order valence-electron chi connectivity index (χ1n) is 6.18. The zero-order valence-corrected chi connectivity index (χ0v) is 11.4. The van der Waals surface area contributed by atoms with Gasteiger partial charge in [-0.25, -0.2) is 9.78 Å². The van der Waals surface area contributed by atoms with Crippen LogP contribution in [0.15, 0.2) is 30.7 Å². The van der Waals surface area contributed by atoms with Crippen LogP contribution in [0.2, 0.25) is 0 Å². The van der Waals surface area contributed by atoms with Crippen molar-refractivity contribution in [1.29, 1.82) is 0 Å². The van der Waals surface area contributed by atoms with E-state index in [9.17, 15) is 9.90 Å². The maximum atomic E-state index is 11.6. The Morgan fingerprint density at radius 2 is 2.11 bits per heavy atom. The third-order valence-electron chi connectivity index (χ3n) is 3.09. The summed E-state index contributed by atoms with van der Waals surface area (Å²) in [6.07, 6.45) is 5.54. The summed E-state index contributed by atoms with van der Waals surface area (Å²) in [5, 5.41) is 9.52. The van der Waals surface area contributed by atoms with Crippen LogP contribution >= 0.6 is 0 Å². The second-order valence-corrected chi connectivity index (χ2v) is 6.12. The fourth-order valence-electron chi connectivity index (χ4n) is 2.32. The molecule has 5 nitrogen and oxygen atoms in total. The molecule has 1 unspecified atom stereocenters. The first-order chi connectivity index (χ1) is 8.72. The topological polar surface area (TPSA) is 80.6 Å². The van der Waals surface area contributed by atoms with Gasteiger partial charge in [-0.15, -0.1) is 0 Å². The third kappa shape index (κ3) is 2.61. The molecule has 102 valence electrons. The molecule has 0 spiro atoms. The number of carboxylic acid groups (broad SMARTS) is 1. The van der Waals surface area contributed by atoms with Crippen molar-refractivity contribution < 1.29 is 9.90 Å². The molecule has 0 bridgehead atoms. The molecule has 0 amide bonds. The average molecular weight is 261 g/mol. The summed E-state index contributed by atoms with van der Waals surface area (Å²) in [5.74, 6) is -1.01. The molecule has 0 aliphatic rings. The molecule has 0 radical (unpaired) electrons. The van der Waals surface area contributed by atoms with Crippen LogP contribution in [-0.2, 0) is 10.3 Å². The molecule has 3 N–H and O–H groups in total. The molecule has 0 aliphatic heterocycles. The Balaban J connectivity index is 2.51. The highest BCUT2D eigenvalue weighted by molar-refractivity contribution is 5.80. The minimum Gasteiger partial charge on any atom is -0.480 e. The zero-order valence-electron chi connectivity index (χ0n) is 11.4. The fourth-order valence-corrected chi connectivity index (χ4v) is 2.32. The van der Waals surface area contributed by atoms with E-state index in [-0.39, 0.29) is 5.41 Å². The SMILES string of the molecule is CC(C)(C)CC(N)(C(=O)O)c1ccc2nccn2c1. The lowest BCUT2D eigenvalue weighted by Gasteiger charge is -2.32. The molecule has 2 heterocycles. The smallest absolute Gasteiger partial charge is 0.328 e. The molecule has 2 aromatic heterocycles. The summed E-state index contributed by atoms with van der Waals surface area (Å²) < 4.78 is 1.78. The quantitative estimate of drug-likeness (QED) is 0.885. The van der Waals surface area contributed by atoms with Gasteiger partial charge in [0.15, 0.2) is 0 Å². The van der Waals surface area contributed by atoms with E-state index >= 15 is 0 Å². The van der Waals surface area contributed by atoms with Gasteiger partial charge in [0, 0.05) is 18.6 Å². The molecule has 0 aromatic carbocycles. The number of hydrogen-bond acceptors (Lipinski definition) is 3. The van der Waals surface area contributed by atoms with E-state index in [0.717, 1.165) is 5.65 Å². The average Bonchev–Trinajstić information content (AvgIpc) is 2.72. The number of fused-ring (bicyclic) bond motifs is 1. The minimum absolute atomic E-state index is 0.183. The van der Waals surface area contributed by atoms with Crippen molar-refractivity contribution >= 4 is 11.6 Å². The van der Waals surface area contributed by atoms with Crippen LogP contribution in [0.4, 0.5) is 0 Å². The molecule has 1 atom stereocenters. The Morgan fingerprint density at radius 3 is 2.68 bits per heavy atom. The Morgan fingerprint density at radius 1 is 1.42 bits per heavy atom. The standard InChI is InChI=1S/C14H19N3O2/c1-13(2,3)9-14(15,12(18)19)10-4-5-11-16-6-7-17(11)8-10/h4-8H,9,15H2,1-3H3,(H,18,19). The number of nitrogens with zero attached hydrogens (tertiary/aromatic N) is 2. The van der Waals surface area contributed by atoms with Gasteiger partial charge in [0.1, 0.15) is 11.2 Å². The van der Waals surface area contributed by atoms with Crippen molar-refractivity contribution in [1.82, 2.24) is 9.38 Å². The van der Waals surface area contributed by atoms with Crippen LogP contribution < -0.4 is 5.73 Å². The number of aromatic nitrogens is 2. The van der Waals surface area contributed by atoms with E-state index in [4.69, 9.17) is 5.73 Å². The maximum absolute atomic E-state index is 11.6. The lowest BCUT2D eigenvalue weighted by molar-refractivity contribution is -0.145. The van der Waals surface area contributed by atoms with Gasteiger partial charge in [0.2, 0.25) is 0 Å². The number of hydrogen-bond donors (Lipinski definition) is 2. The highest BCUT2D eigenvalue weighted by Gasteiger charge is 2.40. The lowest BCUT2D eigenvalue weighted by Crippen LogP contribution is -2.47. The molecular weight excluding hydrogens is 242 g/mol. The largest absolute Gasteiger partial charge is 0.480 e. The van der Waals surface area contributed by atoms with Gasteiger partial charge in [0.05, 0.1) is 0 Å². The van der Waals surface area contributed by atoms with Gasteiger partial charge >= 0.3 is 5.97 Å². The van der Waals surface area contributed by atoms with E-state index in [1.54, 1.807) is 35.1 Å². The molecule has 0 saturated carbocycles. The van der Waals surface area contributed by atoms with Crippen molar-refractivity contribution in [3.05, 3.63) is 36.3 Å². The van der Waals surface area contributed by atoms with Gasteiger partial charge in [-0.3, -0.25) is 0 Å². The van der Waals surface area contributed by atoms with E-state index in [2.05, 4.69) is 4.98 Å². The minimum atomic E-state index is -1.39. The molecule has 0 fully saturated rings. The van der Waals surface area contributed by atoms with Crippen molar-refractivity contribution in [3.63, 3.8) is 0 Å². The van der Waals surface area contributed by atoms with Crippen molar-refractivity contribution in [2.45, 2.75) is 32.7 Å². The summed E-state index contributed by atoms with van der Waals surface area (Å²) in [5.41, 5.74) is 5.95. The summed E-state index contributed by atoms with van der Waals surface area (Å²) in [6, 6.07) is 3.52. The summed E-state index contributed by atoms with van der Waals surface area (Å²) in [4.78, 5) is 15.8.